The first-order valence-electron chi connectivity index (χ1n) is 12.9. The van der Waals surface area contributed by atoms with E-state index in [1.807, 2.05) is 36.5 Å². The molecule has 3 heteroatoms. The molecule has 2 rings (SSSR count). The van der Waals surface area contributed by atoms with Gasteiger partial charge in [0.1, 0.15) is 0 Å². The summed E-state index contributed by atoms with van der Waals surface area (Å²) in [5.41, 5.74) is 4.79. The van der Waals surface area contributed by atoms with Crippen LogP contribution in [0.4, 0.5) is 11.4 Å². The Bertz CT molecular complexity index is 988. The molecule has 0 atom stereocenters. The number of hydrogen-bond acceptors (Lipinski definition) is 3. The van der Waals surface area contributed by atoms with E-state index in [4.69, 9.17) is 0 Å². The van der Waals surface area contributed by atoms with Crippen LogP contribution in [0.2, 0.25) is 0 Å². The van der Waals surface area contributed by atoms with Gasteiger partial charge in [0.2, 0.25) is 0 Å². The molecule has 0 aliphatic heterocycles. The lowest BCUT2D eigenvalue weighted by Gasteiger charge is -2.20. The van der Waals surface area contributed by atoms with E-state index in [2.05, 4.69) is 98.2 Å². The van der Waals surface area contributed by atoms with E-state index in [0.29, 0.717) is 0 Å². The quantitative estimate of drug-likeness (QED) is 0.203. The maximum atomic E-state index is 11.9. The second-order valence-corrected chi connectivity index (χ2v) is 8.14. The largest absolute Gasteiger partial charge is 0.372 e. The van der Waals surface area contributed by atoms with Crippen molar-refractivity contribution in [2.75, 3.05) is 36.0 Å². The zero-order valence-electron chi connectivity index (χ0n) is 22.2. The van der Waals surface area contributed by atoms with Crippen LogP contribution in [-0.2, 0) is 4.79 Å². The third kappa shape index (κ3) is 10.2. The Hall–Kier alpha value is -3.85. The molecule has 0 unspecified atom stereocenters. The van der Waals surface area contributed by atoms with Gasteiger partial charge in [-0.2, -0.15) is 0 Å². The molecule has 0 fully saturated rings. The Kier molecular flexibility index (Phi) is 13.2. The molecule has 0 saturated carbocycles. The first-order valence-corrected chi connectivity index (χ1v) is 12.9. The predicted molar refractivity (Wildman–Crippen MR) is 160 cm³/mol. The zero-order chi connectivity index (χ0) is 26.0. The SMILES string of the molecule is CCN(CC)c1ccc(C=CC=CC=CC(=O)C=CC=CC=Cc2ccc(N(CC)CC)cc2)cc1. The molecule has 0 aromatic heterocycles. The molecule has 0 spiro atoms. The lowest BCUT2D eigenvalue weighted by Crippen LogP contribution is -2.21. The van der Waals surface area contributed by atoms with Crippen LogP contribution in [0, 0.1) is 0 Å². The van der Waals surface area contributed by atoms with Gasteiger partial charge >= 0.3 is 0 Å². The number of nitrogens with zero attached hydrogens (tertiary/aromatic N) is 2. The highest BCUT2D eigenvalue weighted by molar-refractivity contribution is 5.99. The fraction of sp³-hybridized carbons (Fsp3) is 0.242. The maximum Gasteiger partial charge on any atom is 0.178 e. The summed E-state index contributed by atoms with van der Waals surface area (Å²) in [6.45, 7) is 12.7. The molecule has 0 heterocycles. The zero-order valence-corrected chi connectivity index (χ0v) is 22.2. The summed E-state index contributed by atoms with van der Waals surface area (Å²) in [6, 6.07) is 17.1. The number of carbonyl (C=O) groups is 1. The molecule has 0 radical (unpaired) electrons. The van der Waals surface area contributed by atoms with Crippen LogP contribution in [0.5, 0.6) is 0 Å². The van der Waals surface area contributed by atoms with E-state index in [1.165, 1.54) is 11.4 Å². The number of anilines is 2. The van der Waals surface area contributed by atoms with Crippen molar-refractivity contribution in [2.24, 2.45) is 0 Å². The average Bonchev–Trinajstić information content (AvgIpc) is 2.91. The Morgan fingerprint density at radius 1 is 0.528 bits per heavy atom. The third-order valence-corrected chi connectivity index (χ3v) is 5.81. The van der Waals surface area contributed by atoms with Crippen LogP contribution in [0.15, 0.2) is 109 Å². The van der Waals surface area contributed by atoms with Gasteiger partial charge in [-0.3, -0.25) is 4.79 Å². The molecular formula is C33H40N2O. The van der Waals surface area contributed by atoms with E-state index in [9.17, 15) is 4.79 Å². The van der Waals surface area contributed by atoms with Gasteiger partial charge < -0.3 is 9.80 Å². The van der Waals surface area contributed by atoms with Crippen LogP contribution in [0.3, 0.4) is 0 Å². The number of rotatable bonds is 14. The summed E-state index contributed by atoms with van der Waals surface area (Å²) < 4.78 is 0. The Labute approximate surface area is 218 Å². The number of benzene rings is 2. The Morgan fingerprint density at radius 3 is 1.19 bits per heavy atom. The number of carbonyl (C=O) groups excluding carboxylic acids is 1. The Morgan fingerprint density at radius 2 is 0.861 bits per heavy atom. The highest BCUT2D eigenvalue weighted by atomic mass is 16.1. The van der Waals surface area contributed by atoms with E-state index >= 15 is 0 Å². The van der Waals surface area contributed by atoms with E-state index in [0.717, 1.165) is 37.3 Å². The first kappa shape index (κ1) is 28.4. The van der Waals surface area contributed by atoms with Gasteiger partial charge in [0.25, 0.3) is 0 Å². The van der Waals surface area contributed by atoms with Gasteiger partial charge in [0.15, 0.2) is 5.78 Å². The molecule has 3 nitrogen and oxygen atoms in total. The molecular weight excluding hydrogens is 440 g/mol. The predicted octanol–water partition coefficient (Wildman–Crippen LogP) is 7.90. The summed E-state index contributed by atoms with van der Waals surface area (Å²) in [4.78, 5) is 16.6. The lowest BCUT2D eigenvalue weighted by molar-refractivity contribution is -0.110. The third-order valence-electron chi connectivity index (χ3n) is 5.81. The molecule has 0 bridgehead atoms. The number of ketones is 1. The van der Waals surface area contributed by atoms with Crippen molar-refractivity contribution in [1.82, 2.24) is 0 Å². The molecule has 0 saturated heterocycles. The normalized spacial score (nSPS) is 12.3. The maximum absolute atomic E-state index is 11.9. The van der Waals surface area contributed by atoms with Crippen molar-refractivity contribution in [3.63, 3.8) is 0 Å². The van der Waals surface area contributed by atoms with Crippen LogP contribution >= 0.6 is 0 Å². The minimum atomic E-state index is -0.0451. The minimum absolute atomic E-state index is 0.0451. The summed E-state index contributed by atoms with van der Waals surface area (Å²) in [6.07, 6.45) is 22.2. The van der Waals surface area contributed by atoms with E-state index < -0.39 is 0 Å². The van der Waals surface area contributed by atoms with Gasteiger partial charge in [-0.15, -0.1) is 0 Å². The van der Waals surface area contributed by atoms with Crippen molar-refractivity contribution >= 4 is 29.3 Å². The molecule has 188 valence electrons. The van der Waals surface area contributed by atoms with Gasteiger partial charge in [-0.05, 0) is 75.2 Å². The lowest BCUT2D eigenvalue weighted by atomic mass is 10.1. The molecule has 2 aromatic carbocycles. The second kappa shape index (κ2) is 16.7. The summed E-state index contributed by atoms with van der Waals surface area (Å²) >= 11 is 0. The van der Waals surface area contributed by atoms with Gasteiger partial charge in [-0.25, -0.2) is 0 Å². The van der Waals surface area contributed by atoms with Crippen molar-refractivity contribution in [3.05, 3.63) is 120 Å². The smallest absolute Gasteiger partial charge is 0.178 e. The van der Waals surface area contributed by atoms with Gasteiger partial charge in [0.05, 0.1) is 0 Å². The summed E-state index contributed by atoms with van der Waals surface area (Å²) in [5.74, 6) is -0.0451. The molecule has 0 amide bonds. The van der Waals surface area contributed by atoms with E-state index in [1.54, 1.807) is 24.3 Å². The van der Waals surface area contributed by atoms with Crippen molar-refractivity contribution < 1.29 is 4.79 Å². The van der Waals surface area contributed by atoms with Crippen molar-refractivity contribution in [2.45, 2.75) is 27.7 Å². The monoisotopic (exact) mass is 480 g/mol. The average molecular weight is 481 g/mol. The van der Waals surface area contributed by atoms with Crippen LogP contribution in [0.25, 0.3) is 12.2 Å². The van der Waals surface area contributed by atoms with Gasteiger partial charge in [-0.1, -0.05) is 85.0 Å². The number of allylic oxidation sites excluding steroid dienone is 10. The standard InChI is InChI=1S/C33H40N2O/c1-5-34(6-2)31-25-21-29(22-26-31)17-13-9-11-15-19-33(36)20-16-12-10-14-18-30-23-27-32(28-24-30)35(7-3)8-4/h9-28H,5-8H2,1-4H3. The highest BCUT2D eigenvalue weighted by Gasteiger charge is 2.00. The van der Waals surface area contributed by atoms with E-state index in [-0.39, 0.29) is 5.78 Å². The topological polar surface area (TPSA) is 23.6 Å². The molecule has 0 N–H and O–H groups in total. The molecule has 0 aliphatic rings. The Balaban J connectivity index is 1.74. The fourth-order valence-corrected chi connectivity index (χ4v) is 3.72. The molecule has 36 heavy (non-hydrogen) atoms. The minimum Gasteiger partial charge on any atom is -0.372 e. The molecule has 0 aliphatic carbocycles. The molecule has 2 aromatic rings. The summed E-state index contributed by atoms with van der Waals surface area (Å²) in [7, 11) is 0. The highest BCUT2D eigenvalue weighted by Crippen LogP contribution is 2.16. The van der Waals surface area contributed by atoms with Crippen molar-refractivity contribution in [1.29, 1.82) is 0 Å². The number of hydrogen-bond donors (Lipinski definition) is 0. The first-order chi connectivity index (χ1) is 17.6. The summed E-state index contributed by atoms with van der Waals surface area (Å²) in [5, 5.41) is 0. The van der Waals surface area contributed by atoms with Crippen LogP contribution in [0.1, 0.15) is 38.8 Å². The second-order valence-electron chi connectivity index (χ2n) is 8.14. The van der Waals surface area contributed by atoms with Crippen LogP contribution < -0.4 is 9.80 Å². The van der Waals surface area contributed by atoms with Crippen molar-refractivity contribution in [3.8, 4) is 0 Å². The van der Waals surface area contributed by atoms with Crippen LogP contribution in [-0.4, -0.2) is 32.0 Å². The fourth-order valence-electron chi connectivity index (χ4n) is 3.72. The van der Waals surface area contributed by atoms with Gasteiger partial charge in [0, 0.05) is 37.6 Å².